The Morgan fingerprint density at radius 2 is 1.64 bits per heavy atom. The first kappa shape index (κ1) is 19.1. The fourth-order valence-corrected chi connectivity index (χ4v) is 2.85. The number of ether oxygens (including phenoxy) is 1. The van der Waals surface area contributed by atoms with Crippen LogP contribution in [0.15, 0.2) is 24.3 Å². The standard InChI is InChI=1S/C19H26N2O4/c1-12(2)11-25-10-9-20-17(22)16(13(3)4)21-18(23)14-7-5-6-8-15(14)19(21)24/h5-8,12-13,16H,9-11H2,1-4H3,(H,20,22). The highest BCUT2D eigenvalue weighted by atomic mass is 16.5. The molecule has 3 amide bonds. The molecule has 0 aromatic heterocycles. The first-order chi connectivity index (χ1) is 11.8. The Bertz CT molecular complexity index is 620. The second-order valence-electron chi connectivity index (χ2n) is 6.97. The monoisotopic (exact) mass is 346 g/mol. The summed E-state index contributed by atoms with van der Waals surface area (Å²) in [6, 6.07) is 5.82. The van der Waals surface area contributed by atoms with Crippen LogP contribution in [-0.4, -0.2) is 48.4 Å². The molecule has 0 spiro atoms. The zero-order valence-electron chi connectivity index (χ0n) is 15.2. The molecule has 136 valence electrons. The molecule has 1 N–H and O–H groups in total. The van der Waals surface area contributed by atoms with E-state index in [-0.39, 0.29) is 11.8 Å². The van der Waals surface area contributed by atoms with E-state index in [4.69, 9.17) is 4.74 Å². The molecule has 1 unspecified atom stereocenters. The maximum atomic E-state index is 12.6. The molecular formula is C19H26N2O4. The van der Waals surface area contributed by atoms with Crippen LogP contribution < -0.4 is 5.32 Å². The fourth-order valence-electron chi connectivity index (χ4n) is 2.85. The third-order valence-corrected chi connectivity index (χ3v) is 4.00. The van der Waals surface area contributed by atoms with Crippen LogP contribution in [0.25, 0.3) is 0 Å². The molecule has 0 radical (unpaired) electrons. The second kappa shape index (κ2) is 8.25. The molecule has 1 aromatic rings. The smallest absolute Gasteiger partial charge is 0.262 e. The summed E-state index contributed by atoms with van der Waals surface area (Å²) < 4.78 is 5.44. The van der Waals surface area contributed by atoms with Crippen molar-refractivity contribution in [3.8, 4) is 0 Å². The van der Waals surface area contributed by atoms with Gasteiger partial charge in [0.15, 0.2) is 0 Å². The number of nitrogens with zero attached hydrogens (tertiary/aromatic N) is 1. The van der Waals surface area contributed by atoms with Crippen LogP contribution in [0.5, 0.6) is 0 Å². The Labute approximate surface area is 148 Å². The average molecular weight is 346 g/mol. The molecule has 1 aromatic carbocycles. The van der Waals surface area contributed by atoms with Gasteiger partial charge in [-0.1, -0.05) is 39.8 Å². The fraction of sp³-hybridized carbons (Fsp3) is 0.526. The molecule has 2 rings (SSSR count). The number of carbonyl (C=O) groups excluding carboxylic acids is 3. The molecule has 0 aliphatic carbocycles. The minimum Gasteiger partial charge on any atom is -0.379 e. The van der Waals surface area contributed by atoms with Crippen molar-refractivity contribution in [1.82, 2.24) is 10.2 Å². The van der Waals surface area contributed by atoms with Crippen LogP contribution in [-0.2, 0) is 9.53 Å². The van der Waals surface area contributed by atoms with E-state index in [0.717, 1.165) is 4.90 Å². The third-order valence-electron chi connectivity index (χ3n) is 4.00. The highest BCUT2D eigenvalue weighted by molar-refractivity contribution is 6.22. The quantitative estimate of drug-likeness (QED) is 0.578. The number of hydrogen-bond donors (Lipinski definition) is 1. The molecule has 0 saturated heterocycles. The van der Waals surface area contributed by atoms with Gasteiger partial charge in [0.1, 0.15) is 6.04 Å². The topological polar surface area (TPSA) is 75.7 Å². The summed E-state index contributed by atoms with van der Waals surface area (Å²) in [5.41, 5.74) is 0.706. The molecular weight excluding hydrogens is 320 g/mol. The predicted molar refractivity (Wildman–Crippen MR) is 94.2 cm³/mol. The van der Waals surface area contributed by atoms with Crippen molar-refractivity contribution in [2.75, 3.05) is 19.8 Å². The van der Waals surface area contributed by atoms with Gasteiger partial charge in [0.05, 0.1) is 17.7 Å². The Hall–Kier alpha value is -2.21. The van der Waals surface area contributed by atoms with Crippen LogP contribution in [0.1, 0.15) is 48.4 Å². The lowest BCUT2D eigenvalue weighted by Crippen LogP contribution is -2.52. The zero-order valence-corrected chi connectivity index (χ0v) is 15.2. The Kier molecular flexibility index (Phi) is 6.31. The molecule has 6 heteroatoms. The molecule has 0 fully saturated rings. The van der Waals surface area contributed by atoms with E-state index in [9.17, 15) is 14.4 Å². The van der Waals surface area contributed by atoms with Crippen LogP contribution >= 0.6 is 0 Å². The van der Waals surface area contributed by atoms with Gasteiger partial charge in [-0.05, 0) is 24.0 Å². The lowest BCUT2D eigenvalue weighted by atomic mass is 10.0. The summed E-state index contributed by atoms with van der Waals surface area (Å²) in [7, 11) is 0. The second-order valence-corrected chi connectivity index (χ2v) is 6.97. The normalized spacial score (nSPS) is 15.0. The zero-order chi connectivity index (χ0) is 18.6. The Balaban J connectivity index is 2.05. The van der Waals surface area contributed by atoms with Gasteiger partial charge in [-0.25, -0.2) is 0 Å². The van der Waals surface area contributed by atoms with E-state index in [1.807, 2.05) is 13.8 Å². The molecule has 1 atom stereocenters. The summed E-state index contributed by atoms with van der Waals surface area (Å²) in [5.74, 6) is -0.926. The van der Waals surface area contributed by atoms with E-state index in [1.54, 1.807) is 24.3 Å². The molecule has 25 heavy (non-hydrogen) atoms. The number of carbonyl (C=O) groups is 3. The van der Waals surface area contributed by atoms with Gasteiger partial charge >= 0.3 is 0 Å². The molecule has 0 bridgehead atoms. The minimum absolute atomic E-state index is 0.196. The molecule has 0 saturated carbocycles. The van der Waals surface area contributed by atoms with Crippen LogP contribution in [0, 0.1) is 11.8 Å². The molecule has 1 aliphatic heterocycles. The maximum absolute atomic E-state index is 12.6. The first-order valence-electron chi connectivity index (χ1n) is 8.67. The van der Waals surface area contributed by atoms with Gasteiger partial charge < -0.3 is 10.1 Å². The van der Waals surface area contributed by atoms with Crippen molar-refractivity contribution in [1.29, 1.82) is 0 Å². The SMILES string of the molecule is CC(C)COCCNC(=O)C(C(C)C)N1C(=O)c2ccccc2C1=O. The summed E-state index contributed by atoms with van der Waals surface area (Å²) in [4.78, 5) is 38.9. The summed E-state index contributed by atoms with van der Waals surface area (Å²) in [6.07, 6.45) is 0. The number of rotatable bonds is 8. The molecule has 1 aliphatic rings. The number of fused-ring (bicyclic) bond motifs is 1. The van der Waals surface area contributed by atoms with E-state index in [0.29, 0.717) is 36.8 Å². The average Bonchev–Trinajstić information content (AvgIpc) is 2.80. The van der Waals surface area contributed by atoms with Crippen LogP contribution in [0.4, 0.5) is 0 Å². The Morgan fingerprint density at radius 3 is 2.12 bits per heavy atom. The van der Waals surface area contributed by atoms with Gasteiger partial charge in [-0.15, -0.1) is 0 Å². The van der Waals surface area contributed by atoms with Crippen LogP contribution in [0.2, 0.25) is 0 Å². The first-order valence-corrected chi connectivity index (χ1v) is 8.67. The number of imide groups is 1. The number of nitrogens with one attached hydrogen (secondary N) is 1. The van der Waals surface area contributed by atoms with Crippen LogP contribution in [0.3, 0.4) is 0 Å². The number of benzene rings is 1. The Morgan fingerprint density at radius 1 is 1.08 bits per heavy atom. The molecule has 1 heterocycles. The van der Waals surface area contributed by atoms with Crippen molar-refractivity contribution in [2.24, 2.45) is 11.8 Å². The van der Waals surface area contributed by atoms with Crippen molar-refractivity contribution >= 4 is 17.7 Å². The van der Waals surface area contributed by atoms with Gasteiger partial charge in [0.25, 0.3) is 11.8 Å². The van der Waals surface area contributed by atoms with Gasteiger partial charge in [-0.2, -0.15) is 0 Å². The van der Waals surface area contributed by atoms with Gasteiger partial charge in [-0.3, -0.25) is 19.3 Å². The predicted octanol–water partition coefficient (Wildman–Crippen LogP) is 2.10. The van der Waals surface area contributed by atoms with Gasteiger partial charge in [0.2, 0.25) is 5.91 Å². The summed E-state index contributed by atoms with van der Waals surface area (Å²) >= 11 is 0. The minimum atomic E-state index is -0.836. The van der Waals surface area contributed by atoms with E-state index < -0.39 is 17.9 Å². The number of amides is 3. The van der Waals surface area contributed by atoms with Crippen molar-refractivity contribution < 1.29 is 19.1 Å². The molecule has 6 nitrogen and oxygen atoms in total. The van der Waals surface area contributed by atoms with E-state index in [1.165, 1.54) is 0 Å². The summed E-state index contributed by atoms with van der Waals surface area (Å²) in [5, 5.41) is 2.77. The van der Waals surface area contributed by atoms with Crippen molar-refractivity contribution in [3.05, 3.63) is 35.4 Å². The van der Waals surface area contributed by atoms with E-state index in [2.05, 4.69) is 19.2 Å². The number of hydrogen-bond acceptors (Lipinski definition) is 4. The van der Waals surface area contributed by atoms with E-state index >= 15 is 0 Å². The highest BCUT2D eigenvalue weighted by Crippen LogP contribution is 2.27. The van der Waals surface area contributed by atoms with Crippen molar-refractivity contribution in [3.63, 3.8) is 0 Å². The third kappa shape index (κ3) is 4.25. The largest absolute Gasteiger partial charge is 0.379 e. The lowest BCUT2D eigenvalue weighted by molar-refractivity contribution is -0.126. The van der Waals surface area contributed by atoms with Crippen molar-refractivity contribution in [2.45, 2.75) is 33.7 Å². The van der Waals surface area contributed by atoms with Gasteiger partial charge in [0, 0.05) is 13.2 Å². The highest BCUT2D eigenvalue weighted by Gasteiger charge is 2.43. The maximum Gasteiger partial charge on any atom is 0.262 e. The lowest BCUT2D eigenvalue weighted by Gasteiger charge is -2.28. The summed E-state index contributed by atoms with van der Waals surface area (Å²) in [6.45, 7) is 9.12.